The van der Waals surface area contributed by atoms with Crippen LogP contribution in [0.2, 0.25) is 0 Å². The van der Waals surface area contributed by atoms with E-state index in [0.29, 0.717) is 11.5 Å². The van der Waals surface area contributed by atoms with E-state index in [1.165, 1.54) is 0 Å². The van der Waals surface area contributed by atoms with E-state index in [-0.39, 0.29) is 0 Å². The number of carbonyl (C=O) groups is 2. The summed E-state index contributed by atoms with van der Waals surface area (Å²) in [6.45, 7) is 0. The fourth-order valence-corrected chi connectivity index (χ4v) is 1.30. The van der Waals surface area contributed by atoms with E-state index < -0.39 is 27.5 Å². The van der Waals surface area contributed by atoms with Crippen LogP contribution in [0.3, 0.4) is 0 Å². The van der Waals surface area contributed by atoms with Crippen LogP contribution in [-0.4, -0.2) is 38.3 Å². The van der Waals surface area contributed by atoms with E-state index in [4.69, 9.17) is 5.11 Å². The van der Waals surface area contributed by atoms with Crippen molar-refractivity contribution in [3.8, 4) is 0 Å². The van der Waals surface area contributed by atoms with Gasteiger partial charge in [-0.2, -0.15) is 0 Å². The number of hydrogen-bond donors (Lipinski definition) is 1. The highest BCUT2D eigenvalue weighted by Gasteiger charge is 2.13. The van der Waals surface area contributed by atoms with E-state index in [1.807, 2.05) is 0 Å². The molecule has 0 saturated heterocycles. The van der Waals surface area contributed by atoms with Gasteiger partial charge < -0.3 is 9.84 Å². The van der Waals surface area contributed by atoms with E-state index in [2.05, 4.69) is 4.74 Å². The first kappa shape index (κ1) is 11.6. The number of rotatable bonds is 4. The molecule has 0 aromatic heterocycles. The van der Waals surface area contributed by atoms with Gasteiger partial charge in [-0.1, -0.05) is 0 Å². The maximum atomic E-state index is 10.9. The van der Waals surface area contributed by atoms with Crippen LogP contribution in [0.4, 0.5) is 0 Å². The van der Waals surface area contributed by atoms with Crippen molar-refractivity contribution in [1.82, 2.24) is 0 Å². The van der Waals surface area contributed by atoms with E-state index in [0.717, 1.165) is 7.11 Å². The fraction of sp³-hybridized carbons (Fsp3) is 0.333. The SMILES string of the molecule is COC(=O)CS(=O)(=O)/C=C/C(=O)O. The molecule has 0 rings (SSSR count). The van der Waals surface area contributed by atoms with E-state index in [9.17, 15) is 18.0 Å². The summed E-state index contributed by atoms with van der Waals surface area (Å²) >= 11 is 0. The quantitative estimate of drug-likeness (QED) is 0.478. The second kappa shape index (κ2) is 4.61. The van der Waals surface area contributed by atoms with Gasteiger partial charge in [0, 0.05) is 11.5 Å². The molecule has 6 nitrogen and oxygen atoms in total. The first-order valence-corrected chi connectivity index (χ1v) is 4.79. The molecule has 0 amide bonds. The van der Waals surface area contributed by atoms with Crippen LogP contribution in [0.25, 0.3) is 0 Å². The Bertz CT molecular complexity index is 325. The van der Waals surface area contributed by atoms with Gasteiger partial charge in [0.2, 0.25) is 0 Å². The molecule has 0 fully saturated rings. The zero-order chi connectivity index (χ0) is 10.5. The van der Waals surface area contributed by atoms with Gasteiger partial charge in [0.15, 0.2) is 15.6 Å². The molecule has 0 aromatic rings. The van der Waals surface area contributed by atoms with Crippen molar-refractivity contribution < 1.29 is 27.9 Å². The summed E-state index contributed by atoms with van der Waals surface area (Å²) in [4.78, 5) is 20.4. The molecule has 0 bridgehead atoms. The van der Waals surface area contributed by atoms with Crippen LogP contribution >= 0.6 is 0 Å². The lowest BCUT2D eigenvalue weighted by atomic mass is 10.7. The Kier molecular flexibility index (Phi) is 4.12. The Morgan fingerprint density at radius 1 is 1.46 bits per heavy atom. The minimum absolute atomic E-state index is 0.443. The summed E-state index contributed by atoms with van der Waals surface area (Å²) in [6.07, 6.45) is 0.443. The molecule has 0 atom stereocenters. The Balaban J connectivity index is 4.43. The molecule has 0 aliphatic carbocycles. The van der Waals surface area contributed by atoms with E-state index >= 15 is 0 Å². The van der Waals surface area contributed by atoms with Crippen molar-refractivity contribution >= 4 is 21.8 Å². The number of ether oxygens (including phenoxy) is 1. The lowest BCUT2D eigenvalue weighted by Gasteiger charge is -1.95. The summed E-state index contributed by atoms with van der Waals surface area (Å²) in [5, 5.41) is 8.55. The predicted molar refractivity (Wildman–Crippen MR) is 42.6 cm³/mol. The molecule has 0 spiro atoms. The highest BCUT2D eigenvalue weighted by atomic mass is 32.2. The molecule has 7 heteroatoms. The number of methoxy groups -OCH3 is 1. The van der Waals surface area contributed by atoms with Crippen molar-refractivity contribution in [2.75, 3.05) is 12.9 Å². The minimum Gasteiger partial charge on any atom is -0.478 e. The summed E-state index contributed by atoms with van der Waals surface area (Å²) in [7, 11) is -2.78. The lowest BCUT2D eigenvalue weighted by Crippen LogP contribution is -2.15. The van der Waals surface area contributed by atoms with Gasteiger partial charge in [0.1, 0.15) is 0 Å². The number of carboxylic acid groups (broad SMARTS) is 1. The van der Waals surface area contributed by atoms with Crippen LogP contribution in [0.15, 0.2) is 11.5 Å². The summed E-state index contributed by atoms with van der Waals surface area (Å²) in [6, 6.07) is 0. The molecule has 0 saturated carbocycles. The molecule has 1 N–H and O–H groups in total. The average molecular weight is 208 g/mol. The fourth-order valence-electron chi connectivity index (χ4n) is 0.433. The summed E-state index contributed by atoms with van der Waals surface area (Å²) in [5.74, 6) is -3.18. The predicted octanol–water partition coefficient (Wildman–Crippen LogP) is -0.827. The first-order valence-electron chi connectivity index (χ1n) is 3.08. The summed E-state index contributed by atoms with van der Waals surface area (Å²) in [5.41, 5.74) is 0. The number of hydrogen-bond acceptors (Lipinski definition) is 5. The maximum Gasteiger partial charge on any atom is 0.329 e. The zero-order valence-electron chi connectivity index (χ0n) is 6.76. The second-order valence-electron chi connectivity index (χ2n) is 2.02. The first-order chi connectivity index (χ1) is 5.87. The molecule has 0 aliphatic heterocycles. The van der Waals surface area contributed by atoms with Crippen LogP contribution in [0, 0.1) is 0 Å². The van der Waals surface area contributed by atoms with Crippen molar-refractivity contribution in [2.45, 2.75) is 0 Å². The van der Waals surface area contributed by atoms with Gasteiger partial charge in [-0.15, -0.1) is 0 Å². The third-order valence-corrected chi connectivity index (χ3v) is 2.15. The Hall–Kier alpha value is -1.37. The Morgan fingerprint density at radius 3 is 2.38 bits per heavy atom. The van der Waals surface area contributed by atoms with Gasteiger partial charge in [0.25, 0.3) is 0 Å². The molecule has 13 heavy (non-hydrogen) atoms. The highest BCUT2D eigenvalue weighted by Crippen LogP contribution is 1.93. The molecule has 0 heterocycles. The highest BCUT2D eigenvalue weighted by molar-refractivity contribution is 7.94. The number of aliphatic carboxylic acids is 1. The number of carbonyl (C=O) groups excluding carboxylic acids is 1. The lowest BCUT2D eigenvalue weighted by molar-refractivity contribution is -0.137. The van der Waals surface area contributed by atoms with Crippen LogP contribution in [-0.2, 0) is 24.2 Å². The van der Waals surface area contributed by atoms with Gasteiger partial charge in [-0.3, -0.25) is 4.79 Å². The van der Waals surface area contributed by atoms with Crippen molar-refractivity contribution in [2.24, 2.45) is 0 Å². The molecular weight excluding hydrogens is 200 g/mol. The summed E-state index contributed by atoms with van der Waals surface area (Å²) < 4.78 is 25.8. The Labute approximate surface area is 74.7 Å². The number of esters is 1. The van der Waals surface area contributed by atoms with Gasteiger partial charge >= 0.3 is 11.9 Å². The van der Waals surface area contributed by atoms with Crippen LogP contribution in [0.1, 0.15) is 0 Å². The molecule has 0 aromatic carbocycles. The van der Waals surface area contributed by atoms with Gasteiger partial charge in [-0.25, -0.2) is 13.2 Å². The van der Waals surface area contributed by atoms with Crippen molar-refractivity contribution in [1.29, 1.82) is 0 Å². The molecule has 74 valence electrons. The van der Waals surface area contributed by atoms with Gasteiger partial charge in [-0.05, 0) is 0 Å². The smallest absolute Gasteiger partial charge is 0.329 e. The Morgan fingerprint density at radius 2 is 2.00 bits per heavy atom. The van der Waals surface area contributed by atoms with Gasteiger partial charge in [0.05, 0.1) is 7.11 Å². The standard InChI is InChI=1S/C6H8O6S/c1-12-6(9)4-13(10,11)3-2-5(7)8/h2-3H,4H2,1H3,(H,7,8)/b3-2+. The maximum absolute atomic E-state index is 10.9. The minimum atomic E-state index is -3.82. The zero-order valence-corrected chi connectivity index (χ0v) is 7.58. The number of carboxylic acids is 1. The van der Waals surface area contributed by atoms with Crippen LogP contribution in [0.5, 0.6) is 0 Å². The van der Waals surface area contributed by atoms with Crippen LogP contribution < -0.4 is 0 Å². The van der Waals surface area contributed by atoms with Crippen molar-refractivity contribution in [3.05, 3.63) is 11.5 Å². The molecule has 0 aliphatic rings. The average Bonchev–Trinajstić information content (AvgIpc) is 2.00. The van der Waals surface area contributed by atoms with Crippen molar-refractivity contribution in [3.63, 3.8) is 0 Å². The number of sulfone groups is 1. The second-order valence-corrected chi connectivity index (χ2v) is 3.91. The molecule has 0 radical (unpaired) electrons. The molecule has 0 unspecified atom stereocenters. The topological polar surface area (TPSA) is 97.7 Å². The monoisotopic (exact) mass is 208 g/mol. The van der Waals surface area contributed by atoms with E-state index in [1.54, 1.807) is 0 Å². The normalized spacial score (nSPS) is 11.5. The largest absolute Gasteiger partial charge is 0.478 e. The third-order valence-electron chi connectivity index (χ3n) is 0.965. The molecular formula is C6H8O6S. The third kappa shape index (κ3) is 5.85.